The summed E-state index contributed by atoms with van der Waals surface area (Å²) in [4.78, 5) is 0.325. The van der Waals surface area contributed by atoms with Gasteiger partial charge in [0, 0.05) is 18.3 Å². The zero-order valence-electron chi connectivity index (χ0n) is 11.5. The molecule has 5 heteroatoms. The Labute approximate surface area is 115 Å². The van der Waals surface area contributed by atoms with Gasteiger partial charge in [-0.2, -0.15) is 0 Å². The molecule has 1 aromatic rings. The van der Waals surface area contributed by atoms with E-state index in [0.717, 1.165) is 18.0 Å². The molecule has 2 N–H and O–H groups in total. The molecule has 1 aromatic carbocycles. The zero-order chi connectivity index (χ0) is 13.9. The Morgan fingerprint density at radius 1 is 1.26 bits per heavy atom. The quantitative estimate of drug-likeness (QED) is 0.808. The van der Waals surface area contributed by atoms with E-state index in [9.17, 15) is 8.42 Å². The van der Waals surface area contributed by atoms with E-state index in [4.69, 9.17) is 0 Å². The van der Waals surface area contributed by atoms with E-state index in [2.05, 4.69) is 17.0 Å². The van der Waals surface area contributed by atoms with Crippen LogP contribution in [0, 0.1) is 5.92 Å². The topological polar surface area (TPSA) is 58.2 Å². The molecule has 0 aliphatic heterocycles. The van der Waals surface area contributed by atoms with E-state index in [1.165, 1.54) is 12.8 Å². The number of hydrogen-bond donors (Lipinski definition) is 2. The molecule has 0 spiro atoms. The van der Waals surface area contributed by atoms with Crippen LogP contribution in [-0.4, -0.2) is 21.0 Å². The minimum Gasteiger partial charge on any atom is -0.382 e. The van der Waals surface area contributed by atoms with Gasteiger partial charge in [0.25, 0.3) is 0 Å². The lowest BCUT2D eigenvalue weighted by atomic mass is 10.2. The van der Waals surface area contributed by atoms with Crippen LogP contribution < -0.4 is 10.0 Å². The predicted molar refractivity (Wildman–Crippen MR) is 77.7 cm³/mol. The molecule has 1 unspecified atom stereocenters. The van der Waals surface area contributed by atoms with Crippen molar-refractivity contribution in [2.75, 3.05) is 11.9 Å². The van der Waals surface area contributed by atoms with E-state index in [1.54, 1.807) is 12.1 Å². The van der Waals surface area contributed by atoms with Gasteiger partial charge < -0.3 is 5.32 Å². The van der Waals surface area contributed by atoms with E-state index in [1.807, 2.05) is 19.1 Å². The van der Waals surface area contributed by atoms with Gasteiger partial charge >= 0.3 is 0 Å². The van der Waals surface area contributed by atoms with Gasteiger partial charge in [-0.3, -0.25) is 0 Å². The fraction of sp³-hybridized carbons (Fsp3) is 0.571. The molecule has 1 aliphatic rings. The first kappa shape index (κ1) is 14.3. The van der Waals surface area contributed by atoms with Crippen LogP contribution >= 0.6 is 0 Å². The van der Waals surface area contributed by atoms with Crippen LogP contribution in [-0.2, 0) is 10.0 Å². The maximum atomic E-state index is 11.9. The fourth-order valence-electron chi connectivity index (χ4n) is 2.03. The van der Waals surface area contributed by atoms with Crippen LogP contribution in [0.15, 0.2) is 29.2 Å². The highest BCUT2D eigenvalue weighted by atomic mass is 32.2. The molecule has 1 saturated carbocycles. The smallest absolute Gasteiger partial charge is 0.240 e. The fourth-order valence-corrected chi connectivity index (χ4v) is 3.16. The monoisotopic (exact) mass is 282 g/mol. The average molecular weight is 282 g/mol. The molecule has 2 rings (SSSR count). The van der Waals surface area contributed by atoms with E-state index in [-0.39, 0.29) is 0 Å². The van der Waals surface area contributed by atoms with Crippen molar-refractivity contribution in [3.8, 4) is 0 Å². The molecule has 1 atom stereocenters. The number of anilines is 1. The summed E-state index contributed by atoms with van der Waals surface area (Å²) in [5.41, 5.74) is 0.980. The molecular weight excluding hydrogens is 260 g/mol. The summed E-state index contributed by atoms with van der Waals surface area (Å²) in [5, 5.41) is 3.41. The summed E-state index contributed by atoms with van der Waals surface area (Å²) >= 11 is 0. The maximum absolute atomic E-state index is 11.9. The molecule has 0 heterocycles. The Bertz CT molecular complexity index is 507. The highest BCUT2D eigenvalue weighted by molar-refractivity contribution is 7.89. The summed E-state index contributed by atoms with van der Waals surface area (Å²) < 4.78 is 26.4. The first-order valence-corrected chi connectivity index (χ1v) is 8.37. The van der Waals surface area contributed by atoms with Crippen molar-refractivity contribution in [3.63, 3.8) is 0 Å². The molecule has 19 heavy (non-hydrogen) atoms. The number of benzene rings is 1. The van der Waals surface area contributed by atoms with Crippen molar-refractivity contribution in [1.82, 2.24) is 4.72 Å². The molecule has 1 fully saturated rings. The second-order valence-electron chi connectivity index (χ2n) is 5.19. The van der Waals surface area contributed by atoms with Gasteiger partial charge in [-0.05, 0) is 56.4 Å². The van der Waals surface area contributed by atoms with Gasteiger partial charge in [0.15, 0.2) is 0 Å². The van der Waals surface area contributed by atoms with Crippen molar-refractivity contribution in [2.45, 2.75) is 44.0 Å². The van der Waals surface area contributed by atoms with Crippen LogP contribution in [0.2, 0.25) is 0 Å². The second kappa shape index (κ2) is 5.92. The summed E-state index contributed by atoms with van der Waals surface area (Å²) in [6, 6.07) is 7.43. The highest BCUT2D eigenvalue weighted by Crippen LogP contribution is 2.34. The normalized spacial score (nSPS) is 17.2. The number of sulfonamides is 1. The molecule has 0 saturated heterocycles. The Kier molecular flexibility index (Phi) is 4.47. The summed E-state index contributed by atoms with van der Waals surface area (Å²) in [6.45, 7) is 4.58. The van der Waals surface area contributed by atoms with Crippen molar-refractivity contribution in [1.29, 1.82) is 0 Å². The lowest BCUT2D eigenvalue weighted by molar-refractivity contribution is 0.581. The molecule has 0 radical (unpaired) electrons. The maximum Gasteiger partial charge on any atom is 0.240 e. The third-order valence-electron chi connectivity index (χ3n) is 3.43. The van der Waals surface area contributed by atoms with Gasteiger partial charge in [-0.15, -0.1) is 0 Å². The van der Waals surface area contributed by atoms with Gasteiger partial charge in [-0.1, -0.05) is 6.92 Å². The summed E-state index contributed by atoms with van der Waals surface area (Å²) in [6.07, 6.45) is 3.38. The van der Waals surface area contributed by atoms with E-state index in [0.29, 0.717) is 17.5 Å². The van der Waals surface area contributed by atoms with Crippen molar-refractivity contribution >= 4 is 15.7 Å². The molecule has 4 nitrogen and oxygen atoms in total. The van der Waals surface area contributed by atoms with Crippen LogP contribution in [0.5, 0.6) is 0 Å². The van der Waals surface area contributed by atoms with Crippen LogP contribution in [0.3, 0.4) is 0 Å². The molecule has 0 aromatic heterocycles. The van der Waals surface area contributed by atoms with Crippen LogP contribution in [0.1, 0.15) is 33.1 Å². The first-order valence-electron chi connectivity index (χ1n) is 6.89. The zero-order valence-corrected chi connectivity index (χ0v) is 12.3. The van der Waals surface area contributed by atoms with E-state index < -0.39 is 10.0 Å². The van der Waals surface area contributed by atoms with Crippen molar-refractivity contribution < 1.29 is 8.42 Å². The molecule has 106 valence electrons. The standard InChI is InChI=1S/C14H22N2O2S/c1-3-10-15-19(17,18)14-8-6-13(7-9-14)16-11(2)12-4-5-12/h6-9,11-12,15-16H,3-5,10H2,1-2H3. The molecular formula is C14H22N2O2S. The third kappa shape index (κ3) is 3.94. The predicted octanol–water partition coefficient (Wildman–Crippen LogP) is 2.59. The molecule has 0 bridgehead atoms. The Morgan fingerprint density at radius 2 is 1.89 bits per heavy atom. The van der Waals surface area contributed by atoms with Crippen LogP contribution in [0.4, 0.5) is 5.69 Å². The highest BCUT2D eigenvalue weighted by Gasteiger charge is 2.27. The molecule has 1 aliphatic carbocycles. The number of rotatable bonds is 7. The second-order valence-corrected chi connectivity index (χ2v) is 6.96. The van der Waals surface area contributed by atoms with Crippen molar-refractivity contribution in [3.05, 3.63) is 24.3 Å². The Morgan fingerprint density at radius 3 is 2.42 bits per heavy atom. The lowest BCUT2D eigenvalue weighted by Crippen LogP contribution is -2.24. The van der Waals surface area contributed by atoms with Gasteiger partial charge in [0.05, 0.1) is 4.90 Å². The number of hydrogen-bond acceptors (Lipinski definition) is 3. The SMILES string of the molecule is CCCNS(=O)(=O)c1ccc(NC(C)C2CC2)cc1. The average Bonchev–Trinajstić information content (AvgIpc) is 3.21. The van der Waals surface area contributed by atoms with Gasteiger partial charge in [0.1, 0.15) is 0 Å². The summed E-state index contributed by atoms with van der Waals surface area (Å²) in [5.74, 6) is 0.773. The largest absolute Gasteiger partial charge is 0.382 e. The number of nitrogens with one attached hydrogen (secondary N) is 2. The lowest BCUT2D eigenvalue weighted by Gasteiger charge is -2.14. The van der Waals surface area contributed by atoms with Gasteiger partial charge in [-0.25, -0.2) is 13.1 Å². The molecule has 0 amide bonds. The Hall–Kier alpha value is -1.07. The minimum atomic E-state index is -3.35. The first-order chi connectivity index (χ1) is 9.03. The summed E-state index contributed by atoms with van der Waals surface area (Å²) in [7, 11) is -3.35. The van der Waals surface area contributed by atoms with Crippen molar-refractivity contribution in [2.24, 2.45) is 5.92 Å². The van der Waals surface area contributed by atoms with Crippen LogP contribution in [0.25, 0.3) is 0 Å². The van der Waals surface area contributed by atoms with Gasteiger partial charge in [0.2, 0.25) is 10.0 Å². The Balaban J connectivity index is 2.01. The van der Waals surface area contributed by atoms with E-state index >= 15 is 0 Å². The third-order valence-corrected chi connectivity index (χ3v) is 4.91. The minimum absolute atomic E-state index is 0.325.